The Kier molecular flexibility index (Phi) is 6.74. The van der Waals surface area contributed by atoms with Gasteiger partial charge >= 0.3 is 6.18 Å². The maximum absolute atomic E-state index is 12.7. The van der Waals surface area contributed by atoms with Gasteiger partial charge in [-0.25, -0.2) is 8.42 Å². The molecule has 1 amide bonds. The zero-order valence-electron chi connectivity index (χ0n) is 17.8. The van der Waals surface area contributed by atoms with Crippen LogP contribution in [0.15, 0.2) is 53.4 Å². The molecule has 0 aliphatic carbocycles. The Balaban J connectivity index is 1.51. The number of hydrogen-bond donors (Lipinski definition) is 3. The SMILES string of the molecule is O=C(C[C@H]1C[C@H]2c3cc(NS(=O)(=O)c4ccccc4)ccc3O[C@H]2[C@H](CO)O1)NCC(F)(F)F. The van der Waals surface area contributed by atoms with Gasteiger partial charge in [-0.15, -0.1) is 0 Å². The third-order valence-electron chi connectivity index (χ3n) is 5.70. The van der Waals surface area contributed by atoms with Gasteiger partial charge in [-0.2, -0.15) is 13.2 Å². The molecule has 3 N–H and O–H groups in total. The number of aliphatic hydroxyl groups excluding tert-OH is 1. The van der Waals surface area contributed by atoms with E-state index in [9.17, 15) is 31.5 Å². The second-order valence-electron chi connectivity index (χ2n) is 8.17. The summed E-state index contributed by atoms with van der Waals surface area (Å²) in [5.74, 6) is -0.676. The second kappa shape index (κ2) is 9.43. The van der Waals surface area contributed by atoms with E-state index in [-0.39, 0.29) is 23.7 Å². The fraction of sp³-hybridized carbons (Fsp3) is 0.409. The van der Waals surface area contributed by atoms with Crippen LogP contribution in [0.3, 0.4) is 0 Å². The predicted molar refractivity (Wildman–Crippen MR) is 115 cm³/mol. The smallest absolute Gasteiger partial charge is 0.405 e. The number of halogens is 3. The number of benzene rings is 2. The quantitative estimate of drug-likeness (QED) is 0.539. The standard InChI is InChI=1S/C22H23F3N2O6S/c23-22(24,25)12-26-20(29)10-14-9-17-16-8-13(27-34(30,31)15-4-2-1-3-5-15)6-7-18(16)33-21(17)19(11-28)32-14/h1-8,14,17,19,21,27-28H,9-12H2,(H,26,29)/t14-,17+,19+,21-/m1/s1. The molecule has 34 heavy (non-hydrogen) atoms. The van der Waals surface area contributed by atoms with E-state index in [0.29, 0.717) is 17.0 Å². The largest absolute Gasteiger partial charge is 0.487 e. The van der Waals surface area contributed by atoms with E-state index in [4.69, 9.17) is 9.47 Å². The van der Waals surface area contributed by atoms with Crippen molar-refractivity contribution in [3.8, 4) is 5.75 Å². The van der Waals surface area contributed by atoms with Crippen molar-refractivity contribution in [2.24, 2.45) is 0 Å². The molecule has 0 aromatic heterocycles. The Morgan fingerprint density at radius 3 is 2.56 bits per heavy atom. The third-order valence-corrected chi connectivity index (χ3v) is 7.10. The molecule has 4 rings (SSSR count). The Bertz CT molecular complexity index is 1140. The summed E-state index contributed by atoms with van der Waals surface area (Å²) in [7, 11) is -3.82. The first kappa shape index (κ1) is 24.3. The van der Waals surface area contributed by atoms with Crippen LogP contribution in [0, 0.1) is 0 Å². The van der Waals surface area contributed by atoms with Crippen molar-refractivity contribution in [1.82, 2.24) is 5.32 Å². The molecule has 8 nitrogen and oxygen atoms in total. The second-order valence-corrected chi connectivity index (χ2v) is 9.85. The molecule has 0 saturated carbocycles. The average Bonchev–Trinajstić information content (AvgIpc) is 3.15. The van der Waals surface area contributed by atoms with E-state index >= 15 is 0 Å². The van der Waals surface area contributed by atoms with Crippen molar-refractivity contribution in [1.29, 1.82) is 0 Å². The predicted octanol–water partition coefficient (Wildman–Crippen LogP) is 2.55. The van der Waals surface area contributed by atoms with Gasteiger partial charge < -0.3 is 19.9 Å². The summed E-state index contributed by atoms with van der Waals surface area (Å²) in [6, 6.07) is 12.6. The van der Waals surface area contributed by atoms with E-state index in [1.807, 2.05) is 5.32 Å². The first-order valence-corrected chi connectivity index (χ1v) is 12.0. The van der Waals surface area contributed by atoms with Gasteiger partial charge in [-0.3, -0.25) is 9.52 Å². The summed E-state index contributed by atoms with van der Waals surface area (Å²) < 4.78 is 76.6. The fourth-order valence-electron chi connectivity index (χ4n) is 4.24. The van der Waals surface area contributed by atoms with Gasteiger partial charge in [0.2, 0.25) is 5.91 Å². The lowest BCUT2D eigenvalue weighted by Gasteiger charge is -2.37. The van der Waals surface area contributed by atoms with Crippen molar-refractivity contribution in [3.05, 3.63) is 54.1 Å². The number of hydrogen-bond acceptors (Lipinski definition) is 6. The van der Waals surface area contributed by atoms with Crippen molar-refractivity contribution in [2.45, 2.75) is 48.1 Å². The highest BCUT2D eigenvalue weighted by atomic mass is 32.2. The van der Waals surface area contributed by atoms with Crippen LogP contribution in [-0.2, 0) is 19.6 Å². The van der Waals surface area contributed by atoms with Gasteiger partial charge in [0.05, 0.1) is 24.0 Å². The molecule has 0 unspecified atom stereocenters. The van der Waals surface area contributed by atoms with Gasteiger partial charge in [0.25, 0.3) is 10.0 Å². The van der Waals surface area contributed by atoms with Crippen LogP contribution in [0.5, 0.6) is 5.75 Å². The molecule has 1 fully saturated rings. The molecular formula is C22H23F3N2O6S. The first-order valence-electron chi connectivity index (χ1n) is 10.5. The number of aliphatic hydroxyl groups is 1. The lowest BCUT2D eigenvalue weighted by molar-refractivity contribution is -0.149. The number of rotatable bonds is 7. The van der Waals surface area contributed by atoms with E-state index < -0.39 is 53.6 Å². The van der Waals surface area contributed by atoms with Crippen molar-refractivity contribution >= 4 is 21.6 Å². The maximum Gasteiger partial charge on any atom is 0.405 e. The number of alkyl halides is 3. The van der Waals surface area contributed by atoms with Gasteiger partial charge in [0.1, 0.15) is 24.5 Å². The van der Waals surface area contributed by atoms with Crippen molar-refractivity contribution in [3.63, 3.8) is 0 Å². The van der Waals surface area contributed by atoms with Crippen LogP contribution in [0.1, 0.15) is 24.3 Å². The maximum atomic E-state index is 12.7. The van der Waals surface area contributed by atoms with Gasteiger partial charge in [0, 0.05) is 17.2 Å². The number of ether oxygens (including phenoxy) is 2. The van der Waals surface area contributed by atoms with Crippen molar-refractivity contribution in [2.75, 3.05) is 17.9 Å². The minimum absolute atomic E-state index is 0.0981. The number of carbonyl (C=O) groups is 1. The molecule has 12 heteroatoms. The van der Waals surface area contributed by atoms with Crippen LogP contribution >= 0.6 is 0 Å². The van der Waals surface area contributed by atoms with Crippen LogP contribution in [0.2, 0.25) is 0 Å². The molecule has 4 atom stereocenters. The summed E-state index contributed by atoms with van der Waals surface area (Å²) in [6.07, 6.45) is -6.70. The van der Waals surface area contributed by atoms with E-state index in [1.54, 1.807) is 36.4 Å². The van der Waals surface area contributed by atoms with E-state index in [0.717, 1.165) is 0 Å². The molecule has 2 aromatic carbocycles. The number of sulfonamides is 1. The normalized spacial score (nSPS) is 24.0. The lowest BCUT2D eigenvalue weighted by atomic mass is 9.84. The Morgan fingerprint density at radius 2 is 1.88 bits per heavy atom. The average molecular weight is 500 g/mol. The molecule has 2 aliphatic rings. The summed E-state index contributed by atoms with van der Waals surface area (Å²) in [4.78, 5) is 12.1. The van der Waals surface area contributed by atoms with Gasteiger partial charge in [-0.05, 0) is 36.8 Å². The molecule has 0 bridgehead atoms. The van der Waals surface area contributed by atoms with Crippen LogP contribution in [-0.4, -0.2) is 57.1 Å². The van der Waals surface area contributed by atoms with Crippen LogP contribution < -0.4 is 14.8 Å². The Labute approximate surface area is 194 Å². The molecule has 2 heterocycles. The van der Waals surface area contributed by atoms with Gasteiger partial charge in [-0.1, -0.05) is 18.2 Å². The third kappa shape index (κ3) is 5.45. The van der Waals surface area contributed by atoms with Crippen LogP contribution in [0.25, 0.3) is 0 Å². The molecule has 184 valence electrons. The molecule has 0 radical (unpaired) electrons. The van der Waals surface area contributed by atoms with Gasteiger partial charge in [0.15, 0.2) is 0 Å². The summed E-state index contributed by atoms with van der Waals surface area (Å²) in [6.45, 7) is -1.85. The highest BCUT2D eigenvalue weighted by molar-refractivity contribution is 7.92. The first-order chi connectivity index (χ1) is 16.1. The Hall–Kier alpha value is -2.83. The fourth-order valence-corrected chi connectivity index (χ4v) is 5.31. The number of anilines is 1. The van der Waals surface area contributed by atoms with Crippen molar-refractivity contribution < 1.29 is 41.0 Å². The molecule has 2 aliphatic heterocycles. The summed E-state index contributed by atoms with van der Waals surface area (Å²) in [5.41, 5.74) is 0.971. The Morgan fingerprint density at radius 1 is 1.15 bits per heavy atom. The number of fused-ring (bicyclic) bond motifs is 3. The minimum Gasteiger partial charge on any atom is -0.487 e. The highest BCUT2D eigenvalue weighted by Gasteiger charge is 2.46. The zero-order valence-corrected chi connectivity index (χ0v) is 18.6. The van der Waals surface area contributed by atoms with E-state index in [2.05, 4.69) is 4.72 Å². The lowest BCUT2D eigenvalue weighted by Crippen LogP contribution is -2.47. The molecule has 2 aromatic rings. The molecule has 1 saturated heterocycles. The molecule has 0 spiro atoms. The summed E-state index contributed by atoms with van der Waals surface area (Å²) >= 11 is 0. The topological polar surface area (TPSA) is 114 Å². The number of amides is 1. The number of carbonyl (C=O) groups excluding carboxylic acids is 1. The number of nitrogens with one attached hydrogen (secondary N) is 2. The summed E-state index contributed by atoms with van der Waals surface area (Å²) in [5, 5.41) is 11.6. The van der Waals surface area contributed by atoms with E-state index in [1.165, 1.54) is 12.1 Å². The highest BCUT2D eigenvalue weighted by Crippen LogP contribution is 2.47. The molecular weight excluding hydrogens is 477 g/mol. The zero-order chi connectivity index (χ0) is 24.5. The minimum atomic E-state index is -4.52. The van der Waals surface area contributed by atoms with Crippen LogP contribution in [0.4, 0.5) is 18.9 Å². The monoisotopic (exact) mass is 500 g/mol.